The zero-order valence-electron chi connectivity index (χ0n) is 53.5. The van der Waals surface area contributed by atoms with E-state index in [1.165, 1.54) is 173 Å². The Morgan fingerprint density at radius 2 is 0.524 bits per heavy atom. The molecule has 466 valence electrons. The maximum absolute atomic E-state index is 12.9. The molecular weight excluding hydrogens is 1010 g/mol. The topological polar surface area (TPSA) is 78.9 Å². The molecule has 0 aliphatic rings. The van der Waals surface area contributed by atoms with Crippen LogP contribution in [-0.2, 0) is 28.6 Å². The molecule has 0 spiro atoms. The molecule has 0 aromatic heterocycles. The molecule has 0 rings (SSSR count). The number of carbonyl (C=O) groups excluding carboxylic acids is 3. The second-order valence-corrected chi connectivity index (χ2v) is 22.3. The van der Waals surface area contributed by atoms with Gasteiger partial charge in [-0.15, -0.1) is 0 Å². The maximum Gasteiger partial charge on any atom is 0.309 e. The van der Waals surface area contributed by atoms with Crippen molar-refractivity contribution < 1.29 is 28.6 Å². The average molecular weight is 1140 g/mol. The van der Waals surface area contributed by atoms with Crippen LogP contribution in [0.1, 0.15) is 310 Å². The van der Waals surface area contributed by atoms with Crippen LogP contribution in [0.5, 0.6) is 0 Å². The fraction of sp³-hybridized carbons (Fsp3) is 0.671. The molecule has 0 aromatic carbocycles. The molecule has 0 aliphatic heterocycles. The molecule has 0 bridgehead atoms. The predicted molar refractivity (Wildman–Crippen MR) is 357 cm³/mol. The van der Waals surface area contributed by atoms with Crippen LogP contribution < -0.4 is 0 Å². The predicted octanol–water partition coefficient (Wildman–Crippen LogP) is 23.7. The van der Waals surface area contributed by atoms with E-state index < -0.39 is 18.0 Å². The number of rotatable bonds is 61. The van der Waals surface area contributed by atoms with Gasteiger partial charge in [-0.3, -0.25) is 14.4 Å². The summed E-state index contributed by atoms with van der Waals surface area (Å²) in [7, 11) is 0. The zero-order chi connectivity index (χ0) is 59.2. The van der Waals surface area contributed by atoms with Gasteiger partial charge in [0.05, 0.1) is 6.42 Å². The third kappa shape index (κ3) is 66.4. The van der Waals surface area contributed by atoms with E-state index in [1.807, 2.05) is 18.2 Å². The number of carbonyl (C=O) groups is 3. The van der Waals surface area contributed by atoms with Crippen molar-refractivity contribution in [1.82, 2.24) is 0 Å². The van der Waals surface area contributed by atoms with Crippen LogP contribution in [0.3, 0.4) is 0 Å². The third-order valence-electron chi connectivity index (χ3n) is 14.4. The number of unbranched alkanes of at least 4 members (excludes halogenated alkanes) is 29. The second kappa shape index (κ2) is 69.0. The average Bonchev–Trinajstić information content (AvgIpc) is 3.47. The fourth-order valence-electron chi connectivity index (χ4n) is 9.43. The first kappa shape index (κ1) is 77.5. The first-order valence-electron chi connectivity index (χ1n) is 34.2. The van der Waals surface area contributed by atoms with Gasteiger partial charge in [-0.2, -0.15) is 0 Å². The summed E-state index contributed by atoms with van der Waals surface area (Å²) < 4.78 is 16.7. The smallest absolute Gasteiger partial charge is 0.309 e. The van der Waals surface area contributed by atoms with Crippen molar-refractivity contribution in [2.24, 2.45) is 0 Å². The van der Waals surface area contributed by atoms with Crippen LogP contribution in [-0.4, -0.2) is 37.2 Å². The lowest BCUT2D eigenvalue weighted by atomic mass is 10.0. The SMILES string of the molecule is CC/C=C\C/C=C\C/C=C\C/C=C\C/C=C\C/C=C\CCC(=O)OC(COC(=O)C/C=C\C/C=C\C/C=C\C/C=C\C/C=C\CC)COC(=O)CCCCCCCCCCCCCCCCCCCCCCCCCCCCCCCC. The van der Waals surface area contributed by atoms with Crippen molar-refractivity contribution in [3.63, 3.8) is 0 Å². The summed E-state index contributed by atoms with van der Waals surface area (Å²) >= 11 is 0. The van der Waals surface area contributed by atoms with Gasteiger partial charge in [-0.25, -0.2) is 0 Å². The summed E-state index contributed by atoms with van der Waals surface area (Å²) in [6, 6.07) is 0. The van der Waals surface area contributed by atoms with Gasteiger partial charge in [-0.05, 0) is 83.5 Å². The quantitative estimate of drug-likeness (QED) is 0.0261. The Morgan fingerprint density at radius 1 is 0.268 bits per heavy atom. The van der Waals surface area contributed by atoms with Crippen LogP contribution in [0, 0.1) is 0 Å². The van der Waals surface area contributed by atoms with E-state index >= 15 is 0 Å². The number of esters is 3. The van der Waals surface area contributed by atoms with Gasteiger partial charge < -0.3 is 14.2 Å². The Hall–Kier alpha value is -4.45. The number of hydrogen-bond acceptors (Lipinski definition) is 6. The van der Waals surface area contributed by atoms with Gasteiger partial charge in [0.25, 0.3) is 0 Å². The molecule has 6 heteroatoms. The molecule has 0 radical (unpaired) electrons. The molecule has 0 aliphatic carbocycles. The maximum atomic E-state index is 12.9. The first-order chi connectivity index (χ1) is 40.5. The van der Waals surface area contributed by atoms with Gasteiger partial charge in [0.15, 0.2) is 6.10 Å². The van der Waals surface area contributed by atoms with E-state index in [9.17, 15) is 14.4 Å². The summed E-state index contributed by atoms with van der Waals surface area (Å²) in [6.07, 6.45) is 98.2. The lowest BCUT2D eigenvalue weighted by molar-refractivity contribution is -0.166. The highest BCUT2D eigenvalue weighted by Crippen LogP contribution is 2.17. The van der Waals surface area contributed by atoms with Crippen molar-refractivity contribution in [1.29, 1.82) is 0 Å². The van der Waals surface area contributed by atoms with Crippen molar-refractivity contribution >= 4 is 17.9 Å². The van der Waals surface area contributed by atoms with Gasteiger partial charge in [0.2, 0.25) is 0 Å². The summed E-state index contributed by atoms with van der Waals surface area (Å²) in [5.41, 5.74) is 0. The van der Waals surface area contributed by atoms with Crippen LogP contribution >= 0.6 is 0 Å². The lowest BCUT2D eigenvalue weighted by Crippen LogP contribution is -2.30. The normalized spacial score (nSPS) is 13.0. The summed E-state index contributed by atoms with van der Waals surface area (Å²) in [6.45, 7) is 6.29. The van der Waals surface area contributed by atoms with E-state index in [2.05, 4.69) is 130 Å². The van der Waals surface area contributed by atoms with Gasteiger partial charge in [-0.1, -0.05) is 341 Å². The van der Waals surface area contributed by atoms with E-state index in [1.54, 1.807) is 6.08 Å². The summed E-state index contributed by atoms with van der Waals surface area (Å²) in [5.74, 6) is -1.15. The Kier molecular flexibility index (Phi) is 65.3. The number of ether oxygens (including phenoxy) is 3. The highest BCUT2D eigenvalue weighted by molar-refractivity contribution is 5.72. The van der Waals surface area contributed by atoms with Gasteiger partial charge in [0, 0.05) is 12.8 Å². The highest BCUT2D eigenvalue weighted by Gasteiger charge is 2.19. The lowest BCUT2D eigenvalue weighted by Gasteiger charge is -2.18. The Morgan fingerprint density at radius 3 is 0.829 bits per heavy atom. The van der Waals surface area contributed by atoms with Crippen molar-refractivity contribution in [3.8, 4) is 0 Å². The Bertz CT molecular complexity index is 1730. The molecular formula is C76H126O6. The van der Waals surface area contributed by atoms with E-state index in [4.69, 9.17) is 14.2 Å². The van der Waals surface area contributed by atoms with Crippen LogP contribution in [0.15, 0.2) is 134 Å². The third-order valence-corrected chi connectivity index (χ3v) is 14.4. The molecule has 0 heterocycles. The van der Waals surface area contributed by atoms with Gasteiger partial charge >= 0.3 is 17.9 Å². The Balaban J connectivity index is 4.37. The van der Waals surface area contributed by atoms with Crippen molar-refractivity contribution in [2.45, 2.75) is 316 Å². The molecule has 0 saturated heterocycles. The minimum atomic E-state index is -0.863. The fourth-order valence-corrected chi connectivity index (χ4v) is 9.43. The number of allylic oxidation sites excluding steroid dienone is 21. The molecule has 0 saturated carbocycles. The van der Waals surface area contributed by atoms with Gasteiger partial charge in [0.1, 0.15) is 13.2 Å². The monoisotopic (exact) mass is 1130 g/mol. The molecule has 1 unspecified atom stereocenters. The second-order valence-electron chi connectivity index (χ2n) is 22.3. The first-order valence-corrected chi connectivity index (χ1v) is 34.2. The standard InChI is InChI=1S/C76H126O6/c1-4-7-10-13-16-19-22-25-28-30-32-33-34-35-36-37-38-39-40-41-42-44-45-48-51-54-57-60-63-66-69-75(78)81-72-73(71-80-74(77)68-65-62-59-56-53-50-47-27-24-21-18-15-12-9-6-3)82-76(79)70-67-64-61-58-55-52-49-46-43-31-29-26-23-20-17-14-11-8-5-2/h8-9,11-12,17-18,20-21,26-27,29,43,46-47,52-53,55-56,61-62,64-65,73H,4-7,10,13-16,19,22-25,28,30-42,44-45,48-51,54,57-60,63,66-72H2,1-3H3/b11-8-,12-9-,20-17-,21-18-,29-26-,46-43-,47-27-,55-52-,56-53-,64-61-,65-62-. The molecule has 0 N–H and O–H groups in total. The molecule has 1 atom stereocenters. The molecule has 0 aromatic rings. The molecule has 0 amide bonds. The van der Waals surface area contributed by atoms with Crippen LogP contribution in [0.25, 0.3) is 0 Å². The number of hydrogen-bond donors (Lipinski definition) is 0. The molecule has 0 fully saturated rings. The highest BCUT2D eigenvalue weighted by atomic mass is 16.6. The van der Waals surface area contributed by atoms with Crippen molar-refractivity contribution in [3.05, 3.63) is 134 Å². The van der Waals surface area contributed by atoms with Crippen molar-refractivity contribution in [2.75, 3.05) is 13.2 Å². The summed E-state index contributed by atoms with van der Waals surface area (Å²) in [4.78, 5) is 38.2. The molecule has 82 heavy (non-hydrogen) atoms. The van der Waals surface area contributed by atoms with Crippen LogP contribution in [0.4, 0.5) is 0 Å². The Labute approximate surface area is 506 Å². The largest absolute Gasteiger partial charge is 0.462 e. The van der Waals surface area contributed by atoms with Crippen LogP contribution in [0.2, 0.25) is 0 Å². The minimum absolute atomic E-state index is 0.107. The summed E-state index contributed by atoms with van der Waals surface area (Å²) in [5, 5.41) is 0. The molecule has 6 nitrogen and oxygen atoms in total. The van der Waals surface area contributed by atoms with E-state index in [-0.39, 0.29) is 32.0 Å². The zero-order valence-corrected chi connectivity index (χ0v) is 53.5. The van der Waals surface area contributed by atoms with E-state index in [0.717, 1.165) is 89.9 Å². The van der Waals surface area contributed by atoms with E-state index in [0.29, 0.717) is 12.8 Å². The minimum Gasteiger partial charge on any atom is -0.462 e.